The Morgan fingerprint density at radius 3 is 2.62 bits per heavy atom. The molecule has 0 amide bonds. The van der Waals surface area contributed by atoms with Crippen molar-refractivity contribution in [1.29, 1.82) is 0 Å². The lowest BCUT2D eigenvalue weighted by Gasteiger charge is -2.06. The summed E-state index contributed by atoms with van der Waals surface area (Å²) in [5, 5.41) is 0. The zero-order valence-corrected chi connectivity index (χ0v) is 5.26. The largest absolute Gasteiger partial charge is 0.385 e. The number of hydrogen-bond acceptors (Lipinski definition) is 1. The molecule has 1 fully saturated rings. The van der Waals surface area contributed by atoms with E-state index in [1.807, 2.05) is 0 Å². The Labute approximate surface area is 51.8 Å². The summed E-state index contributed by atoms with van der Waals surface area (Å²) in [6, 6.07) is 0.0277. The van der Waals surface area contributed by atoms with Crippen LogP contribution >= 0.6 is 0 Å². The van der Waals surface area contributed by atoms with Gasteiger partial charge in [0, 0.05) is 6.00 Å². The van der Waals surface area contributed by atoms with E-state index in [-0.39, 0.29) is 6.00 Å². The fraction of sp³-hybridized carbons (Fsp3) is 1.00. The molecule has 2 heteroatoms. The number of hydrogen-bond donors (Lipinski definition) is 0. The molecule has 0 N–H and O–H groups in total. The van der Waals surface area contributed by atoms with Crippen LogP contribution in [-0.4, -0.2) is 20.0 Å². The van der Waals surface area contributed by atoms with Crippen molar-refractivity contribution in [1.82, 2.24) is 0 Å². The van der Waals surface area contributed by atoms with Gasteiger partial charge in [0.2, 0.25) is 0 Å². The van der Waals surface area contributed by atoms with E-state index in [9.17, 15) is 0 Å². The molecule has 0 aromatic heterocycles. The van der Waals surface area contributed by atoms with Crippen LogP contribution in [-0.2, 0) is 4.74 Å². The first-order valence-electron chi connectivity index (χ1n) is 3.24. The maximum absolute atomic E-state index is 5.48. The summed E-state index contributed by atoms with van der Waals surface area (Å²) in [7, 11) is 5.48. The number of ether oxygens (including phenoxy) is 1. The molecule has 1 nitrogen and oxygen atoms in total. The summed E-state index contributed by atoms with van der Waals surface area (Å²) in [4.78, 5) is 0. The van der Waals surface area contributed by atoms with Gasteiger partial charge < -0.3 is 4.74 Å². The maximum atomic E-state index is 5.48. The third-order valence-electron chi connectivity index (χ3n) is 1.60. The van der Waals surface area contributed by atoms with Crippen LogP contribution in [0.1, 0.15) is 26.2 Å². The van der Waals surface area contributed by atoms with Gasteiger partial charge in [-0.2, -0.15) is 0 Å². The molecular formula is C6H11BO. The highest BCUT2D eigenvalue weighted by Crippen LogP contribution is 2.18. The van der Waals surface area contributed by atoms with Gasteiger partial charge in [-0.1, -0.05) is 6.92 Å². The lowest BCUT2D eigenvalue weighted by Crippen LogP contribution is -2.08. The van der Waals surface area contributed by atoms with E-state index < -0.39 is 0 Å². The lowest BCUT2D eigenvalue weighted by molar-refractivity contribution is 0.0857. The van der Waals surface area contributed by atoms with Crippen molar-refractivity contribution in [3.63, 3.8) is 0 Å². The van der Waals surface area contributed by atoms with Gasteiger partial charge in [-0.15, -0.1) is 0 Å². The molecule has 0 saturated carbocycles. The summed E-state index contributed by atoms with van der Waals surface area (Å²) < 4.78 is 5.29. The predicted octanol–water partition coefficient (Wildman–Crippen LogP) is 1.07. The topological polar surface area (TPSA) is 9.23 Å². The summed E-state index contributed by atoms with van der Waals surface area (Å²) in [5.74, 6) is 0. The van der Waals surface area contributed by atoms with Crippen molar-refractivity contribution in [2.75, 3.05) is 0 Å². The molecule has 1 heterocycles. The van der Waals surface area contributed by atoms with Crippen LogP contribution in [0.4, 0.5) is 0 Å². The van der Waals surface area contributed by atoms with Crippen molar-refractivity contribution in [2.24, 2.45) is 0 Å². The van der Waals surface area contributed by atoms with Gasteiger partial charge in [0.1, 0.15) is 7.85 Å². The molecule has 0 aromatic carbocycles. The van der Waals surface area contributed by atoms with Gasteiger partial charge in [-0.3, -0.25) is 0 Å². The SMILES string of the molecule is [B]C1CCC(CC)O1. The second-order valence-electron chi connectivity index (χ2n) is 2.28. The van der Waals surface area contributed by atoms with Crippen LogP contribution in [0.15, 0.2) is 0 Å². The molecule has 2 unspecified atom stereocenters. The van der Waals surface area contributed by atoms with Gasteiger partial charge >= 0.3 is 0 Å². The van der Waals surface area contributed by atoms with E-state index >= 15 is 0 Å². The first kappa shape index (κ1) is 6.15. The van der Waals surface area contributed by atoms with Gasteiger partial charge in [-0.05, 0) is 19.3 Å². The predicted molar refractivity (Wildman–Crippen MR) is 33.9 cm³/mol. The summed E-state index contributed by atoms with van der Waals surface area (Å²) >= 11 is 0. The Bertz CT molecular complexity index is 74.9. The molecule has 1 rings (SSSR count). The fourth-order valence-electron chi connectivity index (χ4n) is 1.03. The first-order valence-corrected chi connectivity index (χ1v) is 3.24. The van der Waals surface area contributed by atoms with Crippen LogP contribution in [0.2, 0.25) is 0 Å². The molecule has 0 spiro atoms. The highest BCUT2D eigenvalue weighted by Gasteiger charge is 2.18. The Kier molecular flexibility index (Phi) is 1.95. The molecule has 44 valence electrons. The molecule has 2 radical (unpaired) electrons. The summed E-state index contributed by atoms with van der Waals surface area (Å²) in [6.07, 6.45) is 3.74. The van der Waals surface area contributed by atoms with E-state index in [1.165, 1.54) is 0 Å². The Morgan fingerprint density at radius 2 is 2.38 bits per heavy atom. The third kappa shape index (κ3) is 1.25. The van der Waals surface area contributed by atoms with Crippen molar-refractivity contribution in [2.45, 2.75) is 38.3 Å². The van der Waals surface area contributed by atoms with Crippen LogP contribution in [0, 0.1) is 0 Å². The molecular weight excluding hydrogens is 98.9 g/mol. The van der Waals surface area contributed by atoms with Gasteiger partial charge in [0.05, 0.1) is 6.10 Å². The van der Waals surface area contributed by atoms with Crippen LogP contribution < -0.4 is 0 Å². The minimum absolute atomic E-state index is 0.0277. The Hall–Kier alpha value is 0.0249. The summed E-state index contributed by atoms with van der Waals surface area (Å²) in [6.45, 7) is 2.13. The highest BCUT2D eigenvalue weighted by molar-refractivity contribution is 6.11. The minimum Gasteiger partial charge on any atom is -0.385 e. The lowest BCUT2D eigenvalue weighted by atomic mass is 9.97. The van der Waals surface area contributed by atoms with Crippen molar-refractivity contribution in [3.05, 3.63) is 0 Å². The molecule has 2 atom stereocenters. The molecule has 1 saturated heterocycles. The van der Waals surface area contributed by atoms with Gasteiger partial charge in [0.25, 0.3) is 0 Å². The average Bonchev–Trinajstić information content (AvgIpc) is 2.14. The minimum atomic E-state index is 0.0277. The van der Waals surface area contributed by atoms with E-state index in [0.717, 1.165) is 19.3 Å². The standard InChI is InChI=1S/C6H11BO/c1-2-5-3-4-6(7)8-5/h5-6H,2-4H2,1H3. The zero-order chi connectivity index (χ0) is 5.98. The summed E-state index contributed by atoms with van der Waals surface area (Å²) in [5.41, 5.74) is 0. The molecule has 0 bridgehead atoms. The van der Waals surface area contributed by atoms with Crippen LogP contribution in [0.25, 0.3) is 0 Å². The first-order chi connectivity index (χ1) is 3.83. The molecule has 1 aliphatic rings. The Balaban J connectivity index is 2.22. The van der Waals surface area contributed by atoms with Crippen LogP contribution in [0.3, 0.4) is 0 Å². The fourth-order valence-corrected chi connectivity index (χ4v) is 1.03. The van der Waals surface area contributed by atoms with Gasteiger partial charge in [-0.25, -0.2) is 0 Å². The second-order valence-corrected chi connectivity index (χ2v) is 2.28. The van der Waals surface area contributed by atoms with Crippen molar-refractivity contribution in [3.8, 4) is 0 Å². The molecule has 0 aliphatic carbocycles. The van der Waals surface area contributed by atoms with E-state index in [0.29, 0.717) is 6.10 Å². The molecule has 1 aliphatic heterocycles. The van der Waals surface area contributed by atoms with Crippen LogP contribution in [0.5, 0.6) is 0 Å². The average molecular weight is 110 g/mol. The van der Waals surface area contributed by atoms with E-state index in [4.69, 9.17) is 12.6 Å². The van der Waals surface area contributed by atoms with Crippen molar-refractivity contribution < 1.29 is 4.74 Å². The normalized spacial score (nSPS) is 38.1. The van der Waals surface area contributed by atoms with Gasteiger partial charge in [0.15, 0.2) is 0 Å². The van der Waals surface area contributed by atoms with E-state index in [2.05, 4.69) is 6.92 Å². The zero-order valence-electron chi connectivity index (χ0n) is 5.26. The monoisotopic (exact) mass is 110 g/mol. The molecule has 0 aromatic rings. The maximum Gasteiger partial charge on any atom is 0.109 e. The second kappa shape index (κ2) is 2.54. The quantitative estimate of drug-likeness (QED) is 0.458. The Morgan fingerprint density at radius 1 is 1.62 bits per heavy atom. The van der Waals surface area contributed by atoms with E-state index in [1.54, 1.807) is 0 Å². The smallest absolute Gasteiger partial charge is 0.109 e. The highest BCUT2D eigenvalue weighted by atomic mass is 16.5. The van der Waals surface area contributed by atoms with Crippen molar-refractivity contribution >= 4 is 7.85 Å². The molecule has 8 heavy (non-hydrogen) atoms. The third-order valence-corrected chi connectivity index (χ3v) is 1.60. The number of rotatable bonds is 1.